The zero-order valence-corrected chi connectivity index (χ0v) is 14.9. The summed E-state index contributed by atoms with van der Waals surface area (Å²) in [5.74, 6) is -1.23. The summed E-state index contributed by atoms with van der Waals surface area (Å²) in [6.07, 6.45) is 4.71. The molecule has 1 N–H and O–H groups in total. The molecule has 2 heterocycles. The van der Waals surface area contributed by atoms with Crippen LogP contribution >= 0.6 is 0 Å². The molecule has 0 radical (unpaired) electrons. The van der Waals surface area contributed by atoms with E-state index in [9.17, 15) is 9.59 Å². The molecule has 1 unspecified atom stereocenters. The minimum Gasteiger partial charge on any atom is -0.378 e. The Morgan fingerprint density at radius 2 is 2.21 bits per heavy atom. The largest absolute Gasteiger partial charge is 0.378 e. The Hall–Kier alpha value is -1.73. The molecule has 1 aromatic rings. The van der Waals surface area contributed by atoms with E-state index in [1.807, 2.05) is 27.7 Å². The highest BCUT2D eigenvalue weighted by atomic mass is 16.5. The van der Waals surface area contributed by atoms with E-state index in [4.69, 9.17) is 9.47 Å². The van der Waals surface area contributed by atoms with E-state index in [1.165, 1.54) is 6.20 Å². The minimum absolute atomic E-state index is 0.243. The van der Waals surface area contributed by atoms with Gasteiger partial charge in [0.05, 0.1) is 23.9 Å². The monoisotopic (exact) mass is 337 g/mol. The molecule has 1 fully saturated rings. The van der Waals surface area contributed by atoms with Gasteiger partial charge >= 0.3 is 0 Å². The Morgan fingerprint density at radius 3 is 2.75 bits per heavy atom. The van der Waals surface area contributed by atoms with Crippen LogP contribution in [0.25, 0.3) is 0 Å². The molecule has 1 aliphatic heterocycles. The van der Waals surface area contributed by atoms with Crippen LogP contribution in [-0.2, 0) is 19.8 Å². The summed E-state index contributed by atoms with van der Waals surface area (Å²) in [5.41, 5.74) is -0.501. The van der Waals surface area contributed by atoms with Crippen molar-refractivity contribution in [2.24, 2.45) is 0 Å². The number of carbonyl (C=O) groups is 2. The Bertz CT molecular complexity index is 577. The molecule has 2 rings (SSSR count). The summed E-state index contributed by atoms with van der Waals surface area (Å²) in [6.45, 7) is 9.76. The third kappa shape index (κ3) is 4.42. The van der Waals surface area contributed by atoms with Gasteiger partial charge in [-0.05, 0) is 40.5 Å². The number of aromatic nitrogens is 2. The average Bonchev–Trinajstić information content (AvgIpc) is 3.03. The molecule has 1 saturated heterocycles. The molecule has 0 spiro atoms. The maximum absolute atomic E-state index is 12.3. The number of hydrogen-bond donors (Lipinski definition) is 1. The molecular formula is C17H27N3O4. The number of hydrogen-bond acceptors (Lipinski definition) is 5. The number of rotatable bonds is 6. The summed E-state index contributed by atoms with van der Waals surface area (Å²) in [4.78, 5) is 24.5. The highest BCUT2D eigenvalue weighted by Gasteiger charge is 2.34. The van der Waals surface area contributed by atoms with Crippen LogP contribution < -0.4 is 5.32 Å². The Labute approximate surface area is 142 Å². The van der Waals surface area contributed by atoms with Crippen molar-refractivity contribution in [2.75, 3.05) is 26.4 Å². The van der Waals surface area contributed by atoms with Gasteiger partial charge in [0.25, 0.3) is 11.7 Å². The smallest absolute Gasteiger partial charge is 0.292 e. The molecule has 7 nitrogen and oxygen atoms in total. The third-order valence-corrected chi connectivity index (χ3v) is 4.05. The molecular weight excluding hydrogens is 310 g/mol. The molecule has 1 aliphatic rings. The Balaban J connectivity index is 1.98. The minimum atomic E-state index is -0.645. The van der Waals surface area contributed by atoms with E-state index >= 15 is 0 Å². The highest BCUT2D eigenvalue weighted by molar-refractivity contribution is 6.42. The van der Waals surface area contributed by atoms with Gasteiger partial charge in [0.1, 0.15) is 5.60 Å². The second kappa shape index (κ2) is 7.44. The van der Waals surface area contributed by atoms with Gasteiger partial charge < -0.3 is 14.8 Å². The fourth-order valence-corrected chi connectivity index (χ4v) is 2.70. The van der Waals surface area contributed by atoms with Crippen molar-refractivity contribution in [3.8, 4) is 0 Å². The lowest BCUT2D eigenvalue weighted by Gasteiger charge is -2.36. The number of ketones is 1. The first-order valence-electron chi connectivity index (χ1n) is 8.37. The lowest BCUT2D eigenvalue weighted by Crippen LogP contribution is -2.51. The molecule has 1 atom stereocenters. The van der Waals surface area contributed by atoms with Gasteiger partial charge in [0.15, 0.2) is 0 Å². The normalized spacial score (nSPS) is 21.5. The van der Waals surface area contributed by atoms with Crippen molar-refractivity contribution in [3.63, 3.8) is 0 Å². The quantitative estimate of drug-likeness (QED) is 0.629. The van der Waals surface area contributed by atoms with Gasteiger partial charge in [0, 0.05) is 26.0 Å². The second-order valence-corrected chi connectivity index (χ2v) is 7.13. The van der Waals surface area contributed by atoms with Crippen LogP contribution in [0.5, 0.6) is 0 Å². The van der Waals surface area contributed by atoms with Crippen molar-refractivity contribution in [1.29, 1.82) is 0 Å². The Morgan fingerprint density at radius 1 is 1.46 bits per heavy atom. The van der Waals surface area contributed by atoms with Gasteiger partial charge in [0.2, 0.25) is 0 Å². The van der Waals surface area contributed by atoms with Gasteiger partial charge in [-0.2, -0.15) is 5.10 Å². The summed E-state index contributed by atoms with van der Waals surface area (Å²) < 4.78 is 12.9. The molecule has 1 aromatic heterocycles. The molecule has 0 saturated carbocycles. The van der Waals surface area contributed by atoms with Crippen molar-refractivity contribution < 1.29 is 19.1 Å². The first-order valence-corrected chi connectivity index (χ1v) is 8.37. The summed E-state index contributed by atoms with van der Waals surface area (Å²) >= 11 is 0. The predicted molar refractivity (Wildman–Crippen MR) is 89.0 cm³/mol. The summed E-state index contributed by atoms with van der Waals surface area (Å²) in [5, 5.41) is 6.85. The van der Waals surface area contributed by atoms with Gasteiger partial charge in [-0.25, -0.2) is 0 Å². The van der Waals surface area contributed by atoms with Crippen molar-refractivity contribution in [1.82, 2.24) is 15.1 Å². The van der Waals surface area contributed by atoms with E-state index < -0.39 is 17.3 Å². The number of ether oxygens (including phenoxy) is 2. The van der Waals surface area contributed by atoms with Crippen LogP contribution in [0.4, 0.5) is 0 Å². The number of Topliss-reactive ketones (excluding diaryl/α,β-unsaturated/α-hetero) is 1. The third-order valence-electron chi connectivity index (χ3n) is 4.05. The first kappa shape index (κ1) is 18.6. The van der Waals surface area contributed by atoms with Crippen molar-refractivity contribution in [2.45, 2.75) is 51.7 Å². The van der Waals surface area contributed by atoms with Crippen LogP contribution in [-0.4, -0.2) is 53.4 Å². The molecule has 0 aromatic carbocycles. The maximum atomic E-state index is 12.3. The number of carbonyl (C=O) groups excluding carboxylic acids is 2. The molecule has 0 aliphatic carbocycles. The van der Waals surface area contributed by atoms with Crippen LogP contribution in [0.3, 0.4) is 0 Å². The lowest BCUT2D eigenvalue weighted by molar-refractivity contribution is -0.132. The van der Waals surface area contributed by atoms with E-state index in [1.54, 1.807) is 10.9 Å². The van der Waals surface area contributed by atoms with E-state index in [0.717, 1.165) is 12.8 Å². The second-order valence-electron chi connectivity index (χ2n) is 7.13. The zero-order chi connectivity index (χ0) is 17.8. The van der Waals surface area contributed by atoms with E-state index in [0.29, 0.717) is 19.8 Å². The number of amides is 1. The van der Waals surface area contributed by atoms with E-state index in [-0.39, 0.29) is 17.6 Å². The maximum Gasteiger partial charge on any atom is 0.292 e. The summed E-state index contributed by atoms with van der Waals surface area (Å²) in [7, 11) is 0. The standard InChI is InChI=1S/C17H27N3O4/c1-5-24-17(7-6-8-23-12-17)11-18-15(22)14(21)13-9-19-20(10-13)16(2,3)4/h9-10H,5-8,11-12H2,1-4H3,(H,18,22). The predicted octanol–water partition coefficient (Wildman–Crippen LogP) is 1.52. The zero-order valence-electron chi connectivity index (χ0n) is 14.9. The van der Waals surface area contributed by atoms with Crippen LogP contribution in [0.2, 0.25) is 0 Å². The van der Waals surface area contributed by atoms with Crippen LogP contribution in [0.1, 0.15) is 50.9 Å². The van der Waals surface area contributed by atoms with Crippen molar-refractivity contribution >= 4 is 11.7 Å². The van der Waals surface area contributed by atoms with Gasteiger partial charge in [-0.1, -0.05) is 0 Å². The van der Waals surface area contributed by atoms with E-state index in [2.05, 4.69) is 10.4 Å². The molecule has 24 heavy (non-hydrogen) atoms. The summed E-state index contributed by atoms with van der Waals surface area (Å²) in [6, 6.07) is 0. The number of nitrogens with zero attached hydrogens (tertiary/aromatic N) is 2. The first-order chi connectivity index (χ1) is 11.3. The molecule has 134 valence electrons. The van der Waals surface area contributed by atoms with Crippen LogP contribution in [0, 0.1) is 0 Å². The average molecular weight is 337 g/mol. The van der Waals surface area contributed by atoms with Gasteiger partial charge in [-0.3, -0.25) is 14.3 Å². The lowest BCUT2D eigenvalue weighted by atomic mass is 9.96. The topological polar surface area (TPSA) is 82.5 Å². The van der Waals surface area contributed by atoms with Gasteiger partial charge in [-0.15, -0.1) is 0 Å². The fourth-order valence-electron chi connectivity index (χ4n) is 2.70. The highest BCUT2D eigenvalue weighted by Crippen LogP contribution is 2.23. The molecule has 7 heteroatoms. The Kier molecular flexibility index (Phi) is 5.77. The van der Waals surface area contributed by atoms with Crippen molar-refractivity contribution in [3.05, 3.63) is 18.0 Å². The molecule has 0 bridgehead atoms. The fraction of sp³-hybridized carbons (Fsp3) is 0.706. The molecule has 1 amide bonds. The van der Waals surface area contributed by atoms with Crippen LogP contribution in [0.15, 0.2) is 12.4 Å². The number of nitrogens with one attached hydrogen (secondary N) is 1. The SMILES string of the molecule is CCOC1(CNC(=O)C(=O)c2cnn(C(C)(C)C)c2)CCCOC1.